The Kier molecular flexibility index (Phi) is 75.8. The number of hydrogen-bond donors (Lipinski definition) is 3. The van der Waals surface area contributed by atoms with Gasteiger partial charge < -0.3 is 20.3 Å². The lowest BCUT2D eigenvalue weighted by Gasteiger charge is -2.20. The van der Waals surface area contributed by atoms with Crippen molar-refractivity contribution in [3.8, 4) is 0 Å². The number of aliphatic hydroxyl groups excluding tert-OH is 2. The highest BCUT2D eigenvalue weighted by Gasteiger charge is 2.18. The fourth-order valence-corrected chi connectivity index (χ4v) is 12.7. The van der Waals surface area contributed by atoms with E-state index in [1.807, 2.05) is 6.08 Å². The van der Waals surface area contributed by atoms with Gasteiger partial charge in [0.25, 0.3) is 0 Å². The third-order valence-electron chi connectivity index (χ3n) is 18.9. The van der Waals surface area contributed by atoms with Crippen molar-refractivity contribution in [3.05, 3.63) is 36.5 Å². The van der Waals surface area contributed by atoms with E-state index in [4.69, 9.17) is 4.74 Å². The van der Waals surface area contributed by atoms with Crippen LogP contribution in [-0.2, 0) is 14.3 Å². The number of nitrogens with one attached hydrogen (secondary N) is 1. The number of amides is 1. The second-order valence-electron chi connectivity index (χ2n) is 27.7. The van der Waals surface area contributed by atoms with Crippen LogP contribution in [0.15, 0.2) is 36.5 Å². The molecule has 0 radical (unpaired) electrons. The quantitative estimate of drug-likeness (QED) is 0.0320. The molecule has 0 saturated carbocycles. The van der Waals surface area contributed by atoms with Crippen LogP contribution >= 0.6 is 0 Å². The molecule has 3 N–H and O–H groups in total. The van der Waals surface area contributed by atoms with Crippen LogP contribution in [0, 0.1) is 0 Å². The first kappa shape index (κ1) is 86.1. The minimum Gasteiger partial charge on any atom is -0.466 e. The molecule has 0 heterocycles. The lowest BCUT2D eigenvalue weighted by molar-refractivity contribution is -0.143. The molecular formula is C82H157NO5. The van der Waals surface area contributed by atoms with Crippen molar-refractivity contribution in [1.82, 2.24) is 5.32 Å². The second-order valence-corrected chi connectivity index (χ2v) is 27.7. The highest BCUT2D eigenvalue weighted by atomic mass is 16.5. The standard InChI is InChI=1S/C82H157NO5/c1-3-5-7-9-11-13-15-17-19-21-23-24-25-33-36-39-42-46-50-54-58-62-66-70-74-80(85)79(78-84)83-81(86)75-71-67-63-59-55-51-47-43-40-37-34-31-29-27-26-28-30-32-35-38-41-45-49-53-57-61-65-69-73-77-88-82(87)76-72-68-64-60-56-52-48-44-22-20-18-16-14-12-10-8-6-4-2/h20,22,26,28,70,74,79-80,84-85H,3-19,21,23-25,27,29-69,71-73,75-78H2,1-2H3,(H,83,86)/b22-20-,28-26-,74-70+. The van der Waals surface area contributed by atoms with Gasteiger partial charge >= 0.3 is 5.97 Å². The minimum atomic E-state index is -0.846. The van der Waals surface area contributed by atoms with E-state index in [9.17, 15) is 19.8 Å². The van der Waals surface area contributed by atoms with Crippen molar-refractivity contribution in [1.29, 1.82) is 0 Å². The van der Waals surface area contributed by atoms with Gasteiger partial charge in [-0.05, 0) is 83.5 Å². The Labute approximate surface area is 551 Å². The summed E-state index contributed by atoms with van der Waals surface area (Å²) in [6.07, 6.45) is 101. The second kappa shape index (κ2) is 77.5. The Morgan fingerprint density at radius 1 is 0.307 bits per heavy atom. The molecule has 0 aliphatic carbocycles. The normalized spacial score (nSPS) is 12.6. The number of esters is 1. The summed E-state index contributed by atoms with van der Waals surface area (Å²) in [6.45, 7) is 4.95. The lowest BCUT2D eigenvalue weighted by atomic mass is 10.0. The summed E-state index contributed by atoms with van der Waals surface area (Å²) in [6, 6.07) is -0.629. The number of carbonyl (C=O) groups excluding carboxylic acids is 2. The third kappa shape index (κ3) is 73.1. The summed E-state index contributed by atoms with van der Waals surface area (Å²) < 4.78 is 5.51. The predicted molar refractivity (Wildman–Crippen MR) is 389 cm³/mol. The Hall–Kier alpha value is -1.92. The van der Waals surface area contributed by atoms with Crippen molar-refractivity contribution in [2.24, 2.45) is 0 Å². The zero-order valence-electron chi connectivity index (χ0n) is 59.7. The van der Waals surface area contributed by atoms with Crippen LogP contribution in [0.1, 0.15) is 450 Å². The Morgan fingerprint density at radius 2 is 0.534 bits per heavy atom. The molecule has 1 amide bonds. The van der Waals surface area contributed by atoms with Crippen LogP contribution in [0.25, 0.3) is 0 Å². The van der Waals surface area contributed by atoms with Gasteiger partial charge in [-0.1, -0.05) is 391 Å². The average Bonchev–Trinajstić information content (AvgIpc) is 3.58. The molecule has 0 spiro atoms. The maximum atomic E-state index is 12.6. The molecule has 520 valence electrons. The molecule has 6 heteroatoms. The van der Waals surface area contributed by atoms with Gasteiger partial charge in [0.15, 0.2) is 0 Å². The molecule has 88 heavy (non-hydrogen) atoms. The summed E-state index contributed by atoms with van der Waals surface area (Å²) in [5, 5.41) is 23.3. The zero-order chi connectivity index (χ0) is 63.5. The van der Waals surface area contributed by atoms with E-state index in [-0.39, 0.29) is 18.5 Å². The van der Waals surface area contributed by atoms with Gasteiger partial charge in [0, 0.05) is 12.8 Å². The van der Waals surface area contributed by atoms with Crippen molar-refractivity contribution in [2.75, 3.05) is 13.2 Å². The Balaban J connectivity index is 3.39. The molecule has 0 aliphatic heterocycles. The topological polar surface area (TPSA) is 95.9 Å². The van der Waals surface area contributed by atoms with E-state index in [1.54, 1.807) is 6.08 Å². The predicted octanol–water partition coefficient (Wildman–Crippen LogP) is 26.6. The zero-order valence-corrected chi connectivity index (χ0v) is 59.7. The summed E-state index contributed by atoms with van der Waals surface area (Å²) in [5.41, 5.74) is 0. The van der Waals surface area contributed by atoms with Crippen molar-refractivity contribution >= 4 is 11.9 Å². The Morgan fingerprint density at radius 3 is 0.807 bits per heavy atom. The van der Waals surface area contributed by atoms with Crippen molar-refractivity contribution in [2.45, 2.75) is 463 Å². The molecule has 2 atom stereocenters. The van der Waals surface area contributed by atoms with Gasteiger partial charge in [0.05, 0.1) is 25.4 Å². The molecule has 0 aliphatic rings. The highest BCUT2D eigenvalue weighted by molar-refractivity contribution is 5.76. The molecule has 6 nitrogen and oxygen atoms in total. The van der Waals surface area contributed by atoms with Gasteiger partial charge in [-0.15, -0.1) is 0 Å². The van der Waals surface area contributed by atoms with E-state index in [0.29, 0.717) is 19.4 Å². The summed E-state index contributed by atoms with van der Waals surface area (Å²) in [7, 11) is 0. The van der Waals surface area contributed by atoms with Crippen molar-refractivity contribution in [3.63, 3.8) is 0 Å². The van der Waals surface area contributed by atoms with Crippen LogP contribution in [0.2, 0.25) is 0 Å². The first-order chi connectivity index (χ1) is 43.5. The molecule has 2 unspecified atom stereocenters. The molecule has 0 aromatic rings. The lowest BCUT2D eigenvalue weighted by Crippen LogP contribution is -2.45. The molecule has 0 aromatic carbocycles. The number of unbranched alkanes of at least 4 members (excludes halogenated alkanes) is 61. The summed E-state index contributed by atoms with van der Waals surface area (Å²) in [4.78, 5) is 24.7. The molecule has 0 bridgehead atoms. The van der Waals surface area contributed by atoms with Crippen LogP contribution < -0.4 is 5.32 Å². The number of carbonyl (C=O) groups is 2. The van der Waals surface area contributed by atoms with Gasteiger partial charge in [-0.3, -0.25) is 9.59 Å². The molecule has 0 aromatic heterocycles. The third-order valence-corrected chi connectivity index (χ3v) is 18.9. The van der Waals surface area contributed by atoms with Crippen molar-refractivity contribution < 1.29 is 24.5 Å². The van der Waals surface area contributed by atoms with E-state index >= 15 is 0 Å². The molecule has 0 rings (SSSR count). The summed E-state index contributed by atoms with van der Waals surface area (Å²) in [5.74, 6) is -0.0481. The number of allylic oxidation sites excluding steroid dienone is 5. The number of ether oxygens (including phenoxy) is 1. The van der Waals surface area contributed by atoms with Crippen LogP contribution in [0.4, 0.5) is 0 Å². The van der Waals surface area contributed by atoms with Crippen LogP contribution in [-0.4, -0.2) is 47.4 Å². The van der Waals surface area contributed by atoms with Crippen LogP contribution in [0.3, 0.4) is 0 Å². The van der Waals surface area contributed by atoms with Crippen LogP contribution in [0.5, 0.6) is 0 Å². The molecule has 0 saturated heterocycles. The SMILES string of the molecule is CCCCCCCCC/C=C\CCCCCCCCCC(=O)OCCCCCCCCCCCCCC/C=C\CCCCCCCCCCCCCCCC(=O)NC(CO)C(O)/C=C/CCCCCCCCCCCCCCCCCCCCCCCC. The number of rotatable bonds is 76. The molecule has 0 fully saturated rings. The Bertz CT molecular complexity index is 1430. The monoisotopic (exact) mass is 1240 g/mol. The van der Waals surface area contributed by atoms with E-state index in [1.165, 1.54) is 379 Å². The minimum absolute atomic E-state index is 0.0142. The summed E-state index contributed by atoms with van der Waals surface area (Å²) >= 11 is 0. The fourth-order valence-electron chi connectivity index (χ4n) is 12.7. The van der Waals surface area contributed by atoms with Gasteiger partial charge in [-0.2, -0.15) is 0 Å². The first-order valence-corrected chi connectivity index (χ1v) is 40.3. The fraction of sp³-hybridized carbons (Fsp3) is 0.902. The number of hydrogen-bond acceptors (Lipinski definition) is 5. The maximum Gasteiger partial charge on any atom is 0.305 e. The number of aliphatic hydroxyl groups is 2. The highest BCUT2D eigenvalue weighted by Crippen LogP contribution is 2.20. The largest absolute Gasteiger partial charge is 0.466 e. The van der Waals surface area contributed by atoms with Gasteiger partial charge in [-0.25, -0.2) is 0 Å². The maximum absolute atomic E-state index is 12.6. The van der Waals surface area contributed by atoms with E-state index in [2.05, 4.69) is 43.5 Å². The average molecular weight is 1240 g/mol. The van der Waals surface area contributed by atoms with Gasteiger partial charge in [0.1, 0.15) is 0 Å². The van der Waals surface area contributed by atoms with E-state index < -0.39 is 12.1 Å². The smallest absolute Gasteiger partial charge is 0.305 e. The van der Waals surface area contributed by atoms with Gasteiger partial charge in [0.2, 0.25) is 5.91 Å². The van der Waals surface area contributed by atoms with E-state index in [0.717, 1.165) is 44.9 Å². The molecular weight excluding hydrogens is 1080 g/mol. The first-order valence-electron chi connectivity index (χ1n) is 40.3.